The Morgan fingerprint density at radius 2 is 2.00 bits per heavy atom. The van der Waals surface area contributed by atoms with Crippen LogP contribution < -0.4 is 5.32 Å². The zero-order valence-corrected chi connectivity index (χ0v) is 12.6. The minimum atomic E-state index is 0.589. The summed E-state index contributed by atoms with van der Waals surface area (Å²) in [6.07, 6.45) is 1.71. The Morgan fingerprint density at radius 1 is 1.35 bits per heavy atom. The van der Waals surface area contributed by atoms with Gasteiger partial charge in [-0.2, -0.15) is 0 Å². The zero-order valence-electron chi connectivity index (χ0n) is 11.0. The molecule has 98 valence electrons. The van der Waals surface area contributed by atoms with E-state index in [0.29, 0.717) is 12.1 Å². The maximum absolute atomic E-state index is 5.83. The highest BCUT2D eigenvalue weighted by atomic mass is 35.5. The van der Waals surface area contributed by atoms with Crippen molar-refractivity contribution in [3.8, 4) is 0 Å². The molecule has 1 aromatic heterocycles. The first-order valence-corrected chi connectivity index (χ1v) is 7.26. The van der Waals surface area contributed by atoms with E-state index in [1.807, 2.05) is 0 Å². The maximum Gasteiger partial charge on any atom is 0.113 e. The summed E-state index contributed by atoms with van der Waals surface area (Å²) in [5.41, 5.74) is 0. The van der Waals surface area contributed by atoms with E-state index >= 15 is 0 Å². The number of rotatable bonds is 7. The summed E-state index contributed by atoms with van der Waals surface area (Å²) in [6.45, 7) is 11.8. The van der Waals surface area contributed by atoms with E-state index in [1.54, 1.807) is 6.20 Å². The van der Waals surface area contributed by atoms with Gasteiger partial charge in [-0.3, -0.25) is 4.90 Å². The van der Waals surface area contributed by atoms with Crippen LogP contribution in [0.4, 0.5) is 0 Å². The first-order valence-electron chi connectivity index (χ1n) is 6.07. The van der Waals surface area contributed by atoms with Gasteiger partial charge in [-0.15, -0.1) is 11.3 Å². The van der Waals surface area contributed by atoms with Crippen molar-refractivity contribution in [1.82, 2.24) is 15.2 Å². The van der Waals surface area contributed by atoms with Crippen molar-refractivity contribution in [3.63, 3.8) is 0 Å². The van der Waals surface area contributed by atoms with Crippen molar-refractivity contribution < 1.29 is 0 Å². The van der Waals surface area contributed by atoms with Crippen LogP contribution >= 0.6 is 22.9 Å². The molecule has 1 N–H and O–H groups in total. The van der Waals surface area contributed by atoms with Gasteiger partial charge < -0.3 is 5.32 Å². The Morgan fingerprint density at radius 3 is 2.47 bits per heavy atom. The third-order valence-electron chi connectivity index (χ3n) is 2.67. The summed E-state index contributed by atoms with van der Waals surface area (Å²) in [5, 5.41) is 4.45. The zero-order chi connectivity index (χ0) is 12.8. The summed E-state index contributed by atoms with van der Waals surface area (Å²) in [4.78, 5) is 6.69. The first-order chi connectivity index (χ1) is 8.00. The molecule has 0 unspecified atom stereocenters. The molecule has 0 fully saturated rings. The van der Waals surface area contributed by atoms with Crippen LogP contribution in [-0.2, 0) is 6.54 Å². The van der Waals surface area contributed by atoms with E-state index in [9.17, 15) is 0 Å². The van der Waals surface area contributed by atoms with Crippen LogP contribution in [0.2, 0.25) is 4.34 Å². The molecule has 1 aromatic rings. The van der Waals surface area contributed by atoms with Gasteiger partial charge in [0.15, 0.2) is 0 Å². The summed E-state index contributed by atoms with van der Waals surface area (Å²) >= 11 is 7.36. The average Bonchev–Trinajstić information content (AvgIpc) is 2.62. The molecule has 17 heavy (non-hydrogen) atoms. The maximum atomic E-state index is 5.83. The van der Waals surface area contributed by atoms with Crippen LogP contribution in [-0.4, -0.2) is 35.1 Å². The van der Waals surface area contributed by atoms with Crippen molar-refractivity contribution >= 4 is 22.9 Å². The fraction of sp³-hybridized carbons (Fsp3) is 0.750. The van der Waals surface area contributed by atoms with Gasteiger partial charge in [0.1, 0.15) is 9.34 Å². The van der Waals surface area contributed by atoms with Gasteiger partial charge in [0.25, 0.3) is 0 Å². The molecule has 0 atom stereocenters. The van der Waals surface area contributed by atoms with E-state index in [-0.39, 0.29) is 0 Å². The number of halogens is 1. The molecule has 5 heteroatoms. The Labute approximate surface area is 113 Å². The third kappa shape index (κ3) is 5.34. The molecular formula is C12H22ClN3S. The van der Waals surface area contributed by atoms with Gasteiger partial charge >= 0.3 is 0 Å². The van der Waals surface area contributed by atoms with Crippen molar-refractivity contribution in [1.29, 1.82) is 0 Å². The molecule has 0 amide bonds. The topological polar surface area (TPSA) is 28.2 Å². The summed E-state index contributed by atoms with van der Waals surface area (Å²) in [6, 6.07) is 1.18. The van der Waals surface area contributed by atoms with Crippen molar-refractivity contribution in [2.24, 2.45) is 0 Å². The number of hydrogen-bond donors (Lipinski definition) is 1. The lowest BCUT2D eigenvalue weighted by molar-refractivity contribution is 0.176. The van der Waals surface area contributed by atoms with E-state index in [4.69, 9.17) is 11.6 Å². The van der Waals surface area contributed by atoms with Gasteiger partial charge in [-0.05, 0) is 27.7 Å². The molecule has 0 aliphatic carbocycles. The number of aromatic nitrogens is 1. The molecule has 0 radical (unpaired) electrons. The second-order valence-electron chi connectivity index (χ2n) is 4.66. The van der Waals surface area contributed by atoms with Gasteiger partial charge in [0.05, 0.1) is 6.20 Å². The lowest BCUT2D eigenvalue weighted by Gasteiger charge is -2.30. The van der Waals surface area contributed by atoms with Gasteiger partial charge in [-0.25, -0.2) is 4.98 Å². The Bertz CT molecular complexity index is 317. The number of thiazole rings is 1. The Kier molecular flexibility index (Phi) is 6.41. The molecule has 0 aliphatic heterocycles. The molecular weight excluding hydrogens is 254 g/mol. The van der Waals surface area contributed by atoms with Crippen LogP contribution in [0.3, 0.4) is 0 Å². The first kappa shape index (κ1) is 14.9. The highest BCUT2D eigenvalue weighted by Crippen LogP contribution is 2.17. The SMILES string of the molecule is CC(C)N(CCNCc1ncc(Cl)s1)C(C)C. The number of nitrogens with zero attached hydrogens (tertiary/aromatic N) is 2. The predicted molar refractivity (Wildman–Crippen MR) is 75.8 cm³/mol. The Hall–Kier alpha value is -0.160. The molecule has 1 rings (SSSR count). The normalized spacial score (nSPS) is 12.0. The third-order valence-corrected chi connectivity index (χ3v) is 3.79. The van der Waals surface area contributed by atoms with E-state index < -0.39 is 0 Å². The highest BCUT2D eigenvalue weighted by Gasteiger charge is 2.12. The number of nitrogens with one attached hydrogen (secondary N) is 1. The molecule has 0 spiro atoms. The van der Waals surface area contributed by atoms with Crippen molar-refractivity contribution in [3.05, 3.63) is 15.5 Å². The fourth-order valence-electron chi connectivity index (χ4n) is 1.89. The smallest absolute Gasteiger partial charge is 0.113 e. The summed E-state index contributed by atoms with van der Waals surface area (Å²) in [7, 11) is 0. The molecule has 0 bridgehead atoms. The second-order valence-corrected chi connectivity index (χ2v) is 6.41. The van der Waals surface area contributed by atoms with Gasteiger partial charge in [0, 0.05) is 31.7 Å². The van der Waals surface area contributed by atoms with E-state index in [1.165, 1.54) is 11.3 Å². The fourth-order valence-corrected chi connectivity index (χ4v) is 2.81. The van der Waals surface area contributed by atoms with Gasteiger partial charge in [0.2, 0.25) is 0 Å². The van der Waals surface area contributed by atoms with E-state index in [0.717, 1.165) is 29.0 Å². The standard InChI is InChI=1S/C12H22ClN3S/c1-9(2)16(10(3)4)6-5-14-8-12-15-7-11(13)17-12/h7,9-10,14H,5-6,8H2,1-4H3. The van der Waals surface area contributed by atoms with Crippen LogP contribution in [0.5, 0.6) is 0 Å². The number of hydrogen-bond acceptors (Lipinski definition) is 4. The van der Waals surface area contributed by atoms with Gasteiger partial charge in [-0.1, -0.05) is 11.6 Å². The Balaban J connectivity index is 2.23. The van der Waals surface area contributed by atoms with Crippen molar-refractivity contribution in [2.75, 3.05) is 13.1 Å². The summed E-state index contributed by atoms with van der Waals surface area (Å²) in [5.74, 6) is 0. The highest BCUT2D eigenvalue weighted by molar-refractivity contribution is 7.15. The second kappa shape index (κ2) is 7.31. The lowest BCUT2D eigenvalue weighted by Crippen LogP contribution is -2.41. The van der Waals surface area contributed by atoms with Crippen LogP contribution in [0, 0.1) is 0 Å². The molecule has 0 saturated heterocycles. The minimum Gasteiger partial charge on any atom is -0.309 e. The monoisotopic (exact) mass is 275 g/mol. The van der Waals surface area contributed by atoms with Crippen LogP contribution in [0.15, 0.2) is 6.20 Å². The largest absolute Gasteiger partial charge is 0.309 e. The predicted octanol–water partition coefficient (Wildman–Crippen LogP) is 3.00. The molecule has 1 heterocycles. The lowest BCUT2D eigenvalue weighted by atomic mass is 10.2. The minimum absolute atomic E-state index is 0.589. The quantitative estimate of drug-likeness (QED) is 0.776. The van der Waals surface area contributed by atoms with Crippen molar-refractivity contribution in [2.45, 2.75) is 46.3 Å². The molecule has 0 aromatic carbocycles. The van der Waals surface area contributed by atoms with E-state index in [2.05, 4.69) is 42.9 Å². The summed E-state index contributed by atoms with van der Waals surface area (Å²) < 4.78 is 0.757. The molecule has 3 nitrogen and oxygen atoms in total. The van der Waals surface area contributed by atoms with Crippen LogP contribution in [0.1, 0.15) is 32.7 Å². The van der Waals surface area contributed by atoms with Crippen LogP contribution in [0.25, 0.3) is 0 Å². The average molecular weight is 276 g/mol. The molecule has 0 saturated carbocycles. The molecule has 0 aliphatic rings.